The third kappa shape index (κ3) is 2.72. The van der Waals surface area contributed by atoms with Gasteiger partial charge in [-0.1, -0.05) is 6.08 Å². The quantitative estimate of drug-likeness (QED) is 0.634. The molecule has 0 fully saturated rings. The predicted octanol–water partition coefficient (Wildman–Crippen LogP) is 3.12. The van der Waals surface area contributed by atoms with Gasteiger partial charge in [0.05, 0.1) is 24.3 Å². The van der Waals surface area contributed by atoms with Crippen molar-refractivity contribution in [3.8, 4) is 0 Å². The van der Waals surface area contributed by atoms with Crippen molar-refractivity contribution < 1.29 is 14.3 Å². The Hall–Kier alpha value is -1.69. The highest BCUT2D eigenvalue weighted by molar-refractivity contribution is 8.03. The second-order valence-electron chi connectivity index (χ2n) is 4.60. The normalized spacial score (nSPS) is 18.4. The number of aromatic nitrogens is 2. The Labute approximate surface area is 129 Å². The number of nitrogens with zero attached hydrogens (tertiary/aromatic N) is 2. The van der Waals surface area contributed by atoms with Gasteiger partial charge in [0.15, 0.2) is 5.69 Å². The van der Waals surface area contributed by atoms with Gasteiger partial charge in [0, 0.05) is 23.9 Å². The predicted molar refractivity (Wildman–Crippen MR) is 83.8 cm³/mol. The first-order valence-corrected chi connectivity index (χ1v) is 7.81. The topological polar surface area (TPSA) is 53.4 Å². The van der Waals surface area contributed by atoms with Gasteiger partial charge >= 0.3 is 5.97 Å². The van der Waals surface area contributed by atoms with Crippen molar-refractivity contribution in [2.75, 3.05) is 13.7 Å². The van der Waals surface area contributed by atoms with Crippen molar-refractivity contribution in [2.45, 2.75) is 26.5 Å². The summed E-state index contributed by atoms with van der Waals surface area (Å²) >= 11 is 1.66. The smallest absolute Gasteiger partial charge is 0.359 e. The van der Waals surface area contributed by atoms with Gasteiger partial charge in [-0.05, 0) is 20.8 Å². The summed E-state index contributed by atoms with van der Waals surface area (Å²) in [6.45, 7) is 6.06. The molecule has 0 atom stereocenters. The summed E-state index contributed by atoms with van der Waals surface area (Å²) in [6.07, 6.45) is 2.03. The molecule has 0 spiro atoms. The van der Waals surface area contributed by atoms with Crippen LogP contribution in [0.2, 0.25) is 0 Å². The summed E-state index contributed by atoms with van der Waals surface area (Å²) in [5.41, 5.74) is 3.36. The third-order valence-corrected chi connectivity index (χ3v) is 4.62. The SMILES string of the molecule is C/C=C1\C(=C(/C)OC)SCc2c(C(=O)OCC)nn(C)c21. The average Bonchev–Trinajstić information content (AvgIpc) is 2.83. The first kappa shape index (κ1) is 15.7. The molecule has 1 aromatic heterocycles. The van der Waals surface area contributed by atoms with Crippen molar-refractivity contribution in [3.63, 3.8) is 0 Å². The van der Waals surface area contributed by atoms with Crippen LogP contribution in [0.4, 0.5) is 0 Å². The van der Waals surface area contributed by atoms with Crippen LogP contribution in [0.15, 0.2) is 16.7 Å². The van der Waals surface area contributed by atoms with Crippen molar-refractivity contribution >= 4 is 23.3 Å². The molecular formula is C15H20N2O3S. The fourth-order valence-electron chi connectivity index (χ4n) is 2.39. The number of fused-ring (bicyclic) bond motifs is 1. The van der Waals surface area contributed by atoms with E-state index in [1.807, 2.05) is 27.0 Å². The third-order valence-electron chi connectivity index (χ3n) is 3.39. The monoisotopic (exact) mass is 308 g/mol. The van der Waals surface area contributed by atoms with Crippen LogP contribution in [-0.4, -0.2) is 29.5 Å². The average molecular weight is 308 g/mol. The minimum atomic E-state index is -0.360. The molecule has 0 aromatic carbocycles. The van der Waals surface area contributed by atoms with Gasteiger partial charge < -0.3 is 9.47 Å². The zero-order chi connectivity index (χ0) is 15.6. The summed E-state index contributed by atoms with van der Waals surface area (Å²) in [5, 5.41) is 4.35. The number of esters is 1. The molecule has 2 heterocycles. The van der Waals surface area contributed by atoms with Crippen molar-refractivity contribution in [1.82, 2.24) is 9.78 Å². The maximum atomic E-state index is 12.0. The van der Waals surface area contributed by atoms with Crippen molar-refractivity contribution in [3.05, 3.63) is 33.7 Å². The van der Waals surface area contributed by atoms with Crippen LogP contribution >= 0.6 is 11.8 Å². The Bertz CT molecular complexity index is 629. The van der Waals surface area contributed by atoms with Crippen LogP contribution in [0.25, 0.3) is 5.57 Å². The summed E-state index contributed by atoms with van der Waals surface area (Å²) in [5.74, 6) is 1.20. The van der Waals surface area contributed by atoms with E-state index in [2.05, 4.69) is 5.10 Å². The largest absolute Gasteiger partial charge is 0.500 e. The molecular weight excluding hydrogens is 288 g/mol. The molecule has 0 radical (unpaired) electrons. The van der Waals surface area contributed by atoms with Crippen LogP contribution in [0.5, 0.6) is 0 Å². The number of thioether (sulfide) groups is 1. The van der Waals surface area contributed by atoms with E-state index >= 15 is 0 Å². The summed E-state index contributed by atoms with van der Waals surface area (Å²) < 4.78 is 12.2. The van der Waals surface area contributed by atoms with Crippen molar-refractivity contribution in [2.24, 2.45) is 7.05 Å². The van der Waals surface area contributed by atoms with E-state index in [1.54, 1.807) is 30.5 Å². The number of aryl methyl sites for hydroxylation is 1. The Morgan fingerprint density at radius 3 is 2.81 bits per heavy atom. The molecule has 0 N–H and O–H groups in total. The van der Waals surface area contributed by atoms with E-state index in [4.69, 9.17) is 9.47 Å². The number of allylic oxidation sites excluding steroid dienone is 3. The van der Waals surface area contributed by atoms with Gasteiger partial charge in [0.1, 0.15) is 5.76 Å². The molecule has 114 valence electrons. The Kier molecular flexibility index (Phi) is 4.77. The Morgan fingerprint density at radius 2 is 2.24 bits per heavy atom. The zero-order valence-electron chi connectivity index (χ0n) is 13.0. The highest BCUT2D eigenvalue weighted by atomic mass is 32.2. The molecule has 1 aromatic rings. The van der Waals surface area contributed by atoms with Gasteiger partial charge in [-0.15, -0.1) is 11.8 Å². The van der Waals surface area contributed by atoms with E-state index in [0.717, 1.165) is 27.5 Å². The zero-order valence-corrected chi connectivity index (χ0v) is 13.8. The summed E-state index contributed by atoms with van der Waals surface area (Å²) in [4.78, 5) is 13.1. The number of hydrogen-bond donors (Lipinski definition) is 0. The number of carbonyl (C=O) groups excluding carboxylic acids is 1. The molecule has 6 heteroatoms. The number of methoxy groups -OCH3 is 1. The molecule has 0 bridgehead atoms. The fraction of sp³-hybridized carbons (Fsp3) is 0.467. The van der Waals surface area contributed by atoms with Crippen molar-refractivity contribution in [1.29, 1.82) is 0 Å². The van der Waals surface area contributed by atoms with Gasteiger partial charge in [-0.3, -0.25) is 4.68 Å². The second kappa shape index (κ2) is 6.39. The lowest BCUT2D eigenvalue weighted by Crippen LogP contribution is -2.10. The molecule has 21 heavy (non-hydrogen) atoms. The first-order chi connectivity index (χ1) is 10.0. The van der Waals surface area contributed by atoms with Crippen LogP contribution in [0.3, 0.4) is 0 Å². The van der Waals surface area contributed by atoms with Gasteiger partial charge in [0.25, 0.3) is 0 Å². The number of hydrogen-bond acceptors (Lipinski definition) is 5. The molecule has 0 saturated carbocycles. The summed E-state index contributed by atoms with van der Waals surface area (Å²) in [6, 6.07) is 0. The Morgan fingerprint density at radius 1 is 1.52 bits per heavy atom. The first-order valence-electron chi connectivity index (χ1n) is 6.82. The standard InChI is InChI=1S/C15H20N2O3S/c1-6-10-13-11(8-21-14(10)9(3)19-5)12(16-17(13)4)15(18)20-7-2/h6H,7-8H2,1-5H3/b10-6-,14-9-. The van der Waals surface area contributed by atoms with Crippen LogP contribution in [-0.2, 0) is 22.3 Å². The number of rotatable bonds is 3. The molecule has 0 unspecified atom stereocenters. The molecule has 0 amide bonds. The van der Waals surface area contributed by atoms with E-state index < -0.39 is 0 Å². The Balaban J connectivity index is 2.56. The number of ether oxygens (including phenoxy) is 2. The fourth-order valence-corrected chi connectivity index (χ4v) is 3.61. The van der Waals surface area contributed by atoms with E-state index in [9.17, 15) is 4.79 Å². The molecule has 0 aliphatic carbocycles. The molecule has 0 saturated heterocycles. The second-order valence-corrected chi connectivity index (χ2v) is 5.59. The highest BCUT2D eigenvalue weighted by Gasteiger charge is 2.30. The molecule has 1 aliphatic rings. The van der Waals surface area contributed by atoms with Crippen LogP contribution in [0, 0.1) is 0 Å². The van der Waals surface area contributed by atoms with E-state index in [0.29, 0.717) is 18.1 Å². The van der Waals surface area contributed by atoms with Gasteiger partial charge in [-0.2, -0.15) is 5.10 Å². The lowest BCUT2D eigenvalue weighted by Gasteiger charge is -2.21. The lowest BCUT2D eigenvalue weighted by atomic mass is 10.0. The molecule has 5 nitrogen and oxygen atoms in total. The maximum absolute atomic E-state index is 12.0. The van der Waals surface area contributed by atoms with Crippen LogP contribution in [0.1, 0.15) is 42.5 Å². The minimum Gasteiger partial charge on any atom is -0.500 e. The maximum Gasteiger partial charge on any atom is 0.359 e. The minimum absolute atomic E-state index is 0.349. The van der Waals surface area contributed by atoms with Gasteiger partial charge in [-0.25, -0.2) is 4.79 Å². The van der Waals surface area contributed by atoms with E-state index in [-0.39, 0.29) is 5.97 Å². The lowest BCUT2D eigenvalue weighted by molar-refractivity contribution is 0.0517. The van der Waals surface area contributed by atoms with Crippen LogP contribution < -0.4 is 0 Å². The molecule has 2 rings (SSSR count). The molecule has 1 aliphatic heterocycles. The summed E-state index contributed by atoms with van der Waals surface area (Å²) in [7, 11) is 3.51. The number of carbonyl (C=O) groups is 1. The van der Waals surface area contributed by atoms with E-state index in [1.165, 1.54) is 0 Å². The highest BCUT2D eigenvalue weighted by Crippen LogP contribution is 2.44. The van der Waals surface area contributed by atoms with Gasteiger partial charge in [0.2, 0.25) is 0 Å².